The van der Waals surface area contributed by atoms with Crippen molar-refractivity contribution in [2.45, 2.75) is 32.9 Å². The Morgan fingerprint density at radius 1 is 1.25 bits per heavy atom. The number of nitrogens with zero attached hydrogens (tertiary/aromatic N) is 4. The van der Waals surface area contributed by atoms with E-state index in [2.05, 4.69) is 10.1 Å². The molecule has 0 N–H and O–H groups in total. The maximum absolute atomic E-state index is 12.7. The summed E-state index contributed by atoms with van der Waals surface area (Å²) in [5.74, 6) is -1.01. The number of amides is 1. The number of rotatable bonds is 6. The van der Waals surface area contributed by atoms with E-state index in [-0.39, 0.29) is 30.5 Å². The van der Waals surface area contributed by atoms with Gasteiger partial charge >= 0.3 is 12.1 Å². The molecule has 2 rings (SSSR count). The lowest BCUT2D eigenvalue weighted by Gasteiger charge is -2.18. The molecule has 1 amide bonds. The second kappa shape index (κ2) is 8.41. The highest BCUT2D eigenvalue weighted by molar-refractivity contribution is 5.96. The molecule has 0 aliphatic heterocycles. The van der Waals surface area contributed by atoms with Crippen LogP contribution in [0.3, 0.4) is 0 Å². The van der Waals surface area contributed by atoms with E-state index >= 15 is 0 Å². The van der Waals surface area contributed by atoms with E-state index in [1.54, 1.807) is 6.92 Å². The van der Waals surface area contributed by atoms with Gasteiger partial charge in [0.25, 0.3) is 5.91 Å². The van der Waals surface area contributed by atoms with Gasteiger partial charge < -0.3 is 9.64 Å². The first kappa shape index (κ1) is 21.4. The van der Waals surface area contributed by atoms with Crippen molar-refractivity contribution in [1.29, 1.82) is 0 Å². The summed E-state index contributed by atoms with van der Waals surface area (Å²) in [5.41, 5.74) is -0.156. The van der Waals surface area contributed by atoms with Crippen LogP contribution in [0.2, 0.25) is 0 Å². The maximum atomic E-state index is 12.7. The Labute approximate surface area is 160 Å². The van der Waals surface area contributed by atoms with Gasteiger partial charge in [-0.2, -0.15) is 18.3 Å². The van der Waals surface area contributed by atoms with E-state index in [0.29, 0.717) is 5.69 Å². The standard InChI is InChI=1S/C18H21F3N4O3/c1-5-28-15(26)10-24(4)17(27)13-9-23-25(16(13)11(2)3)14-7-6-12(8-22-14)18(19,20)21/h6-9,11H,5,10H2,1-4H3. The quantitative estimate of drug-likeness (QED) is 0.699. The third-order valence-electron chi connectivity index (χ3n) is 3.89. The minimum atomic E-state index is -4.49. The van der Waals surface area contributed by atoms with Gasteiger partial charge in [0, 0.05) is 13.2 Å². The second-order valence-electron chi connectivity index (χ2n) is 6.38. The number of alkyl halides is 3. The van der Waals surface area contributed by atoms with E-state index in [1.807, 2.05) is 13.8 Å². The number of hydrogen-bond acceptors (Lipinski definition) is 5. The van der Waals surface area contributed by atoms with Crippen LogP contribution < -0.4 is 0 Å². The van der Waals surface area contributed by atoms with Gasteiger partial charge in [-0.05, 0) is 25.0 Å². The van der Waals surface area contributed by atoms with Gasteiger partial charge in [0.15, 0.2) is 5.82 Å². The average Bonchev–Trinajstić information content (AvgIpc) is 3.05. The highest BCUT2D eigenvalue weighted by atomic mass is 19.4. The van der Waals surface area contributed by atoms with Crippen LogP contribution >= 0.6 is 0 Å². The molecule has 28 heavy (non-hydrogen) atoms. The van der Waals surface area contributed by atoms with Gasteiger partial charge in [-0.15, -0.1) is 0 Å². The summed E-state index contributed by atoms with van der Waals surface area (Å²) in [5, 5.41) is 4.13. The van der Waals surface area contributed by atoms with E-state index in [4.69, 9.17) is 4.74 Å². The van der Waals surface area contributed by atoms with Gasteiger partial charge in [-0.3, -0.25) is 9.59 Å². The molecule has 10 heteroatoms. The van der Waals surface area contributed by atoms with Crippen LogP contribution in [0, 0.1) is 0 Å². The summed E-state index contributed by atoms with van der Waals surface area (Å²) in [6.45, 7) is 5.28. The largest absolute Gasteiger partial charge is 0.465 e. The molecule has 2 heterocycles. The number of esters is 1. The Morgan fingerprint density at radius 2 is 1.93 bits per heavy atom. The van der Waals surface area contributed by atoms with Crippen LogP contribution in [0.1, 0.15) is 48.3 Å². The van der Waals surface area contributed by atoms with Crippen molar-refractivity contribution in [3.8, 4) is 5.82 Å². The first-order valence-corrected chi connectivity index (χ1v) is 8.58. The summed E-state index contributed by atoms with van der Waals surface area (Å²) in [4.78, 5) is 29.4. The van der Waals surface area contributed by atoms with Gasteiger partial charge in [0.05, 0.1) is 29.6 Å². The SMILES string of the molecule is CCOC(=O)CN(C)C(=O)c1cnn(-c2ccc(C(F)(F)F)cn2)c1C(C)C. The van der Waals surface area contributed by atoms with Crippen LogP contribution in [0.5, 0.6) is 0 Å². The van der Waals surface area contributed by atoms with Crippen molar-refractivity contribution < 1.29 is 27.5 Å². The molecule has 0 saturated heterocycles. The molecule has 0 aliphatic carbocycles. The average molecular weight is 398 g/mol. The first-order chi connectivity index (χ1) is 13.1. The zero-order chi connectivity index (χ0) is 21.1. The summed E-state index contributed by atoms with van der Waals surface area (Å²) in [6.07, 6.45) is -2.46. The van der Waals surface area contributed by atoms with Gasteiger partial charge in [-0.25, -0.2) is 9.67 Å². The molecule has 0 bridgehead atoms. The third kappa shape index (κ3) is 4.68. The third-order valence-corrected chi connectivity index (χ3v) is 3.89. The lowest BCUT2D eigenvalue weighted by Crippen LogP contribution is -2.33. The van der Waals surface area contributed by atoms with Crippen molar-refractivity contribution >= 4 is 11.9 Å². The minimum Gasteiger partial charge on any atom is -0.465 e. The second-order valence-corrected chi connectivity index (χ2v) is 6.38. The predicted octanol–water partition coefficient (Wildman–Crippen LogP) is 3.04. The first-order valence-electron chi connectivity index (χ1n) is 8.58. The predicted molar refractivity (Wildman–Crippen MR) is 94.0 cm³/mol. The fourth-order valence-electron chi connectivity index (χ4n) is 2.62. The van der Waals surface area contributed by atoms with Crippen molar-refractivity contribution in [2.24, 2.45) is 0 Å². The number of carbonyl (C=O) groups is 2. The van der Waals surface area contributed by atoms with E-state index in [0.717, 1.165) is 12.3 Å². The molecule has 0 atom stereocenters. The summed E-state index contributed by atoms with van der Waals surface area (Å²) in [6, 6.07) is 2.10. The molecular formula is C18H21F3N4O3. The molecule has 0 radical (unpaired) electrons. The number of likely N-dealkylation sites (N-methyl/N-ethyl adjacent to an activating group) is 1. The lowest BCUT2D eigenvalue weighted by molar-refractivity contribution is -0.143. The van der Waals surface area contributed by atoms with Gasteiger partial charge in [-0.1, -0.05) is 13.8 Å². The van der Waals surface area contributed by atoms with E-state index in [1.165, 1.54) is 28.9 Å². The van der Waals surface area contributed by atoms with E-state index in [9.17, 15) is 22.8 Å². The van der Waals surface area contributed by atoms with Gasteiger partial charge in [0.2, 0.25) is 0 Å². The summed E-state index contributed by atoms with van der Waals surface area (Å²) in [7, 11) is 1.46. The highest BCUT2D eigenvalue weighted by Gasteiger charge is 2.31. The monoisotopic (exact) mass is 398 g/mol. The van der Waals surface area contributed by atoms with Crippen molar-refractivity contribution in [2.75, 3.05) is 20.2 Å². The van der Waals surface area contributed by atoms with Crippen molar-refractivity contribution in [1.82, 2.24) is 19.7 Å². The van der Waals surface area contributed by atoms with Gasteiger partial charge in [0.1, 0.15) is 6.54 Å². The van der Waals surface area contributed by atoms with Crippen molar-refractivity contribution in [3.05, 3.63) is 41.3 Å². The molecule has 0 aromatic carbocycles. The fourth-order valence-corrected chi connectivity index (χ4v) is 2.62. The summed E-state index contributed by atoms with van der Waals surface area (Å²) >= 11 is 0. The Morgan fingerprint density at radius 3 is 2.43 bits per heavy atom. The fraction of sp³-hybridized carbons (Fsp3) is 0.444. The molecule has 2 aromatic rings. The Kier molecular flexibility index (Phi) is 6.42. The molecular weight excluding hydrogens is 377 g/mol. The normalized spacial score (nSPS) is 11.6. The molecule has 0 saturated carbocycles. The number of halogens is 3. The summed E-state index contributed by atoms with van der Waals surface area (Å²) < 4.78 is 44.4. The topological polar surface area (TPSA) is 77.3 Å². The Hall–Kier alpha value is -2.91. The molecule has 7 nitrogen and oxygen atoms in total. The minimum absolute atomic E-state index is 0.156. The van der Waals surface area contributed by atoms with Crippen LogP contribution in [0.15, 0.2) is 24.5 Å². The Bertz CT molecular complexity index is 845. The van der Waals surface area contributed by atoms with Crippen molar-refractivity contribution in [3.63, 3.8) is 0 Å². The number of carbonyl (C=O) groups excluding carboxylic acids is 2. The lowest BCUT2D eigenvalue weighted by atomic mass is 10.0. The number of aromatic nitrogens is 3. The number of ether oxygens (including phenoxy) is 1. The molecule has 152 valence electrons. The van der Waals surface area contributed by atoms with Crippen LogP contribution in [-0.2, 0) is 15.7 Å². The maximum Gasteiger partial charge on any atom is 0.417 e. The van der Waals surface area contributed by atoms with Crippen LogP contribution in [-0.4, -0.2) is 51.7 Å². The number of pyridine rings is 1. The zero-order valence-electron chi connectivity index (χ0n) is 15.9. The Balaban J connectivity index is 2.36. The molecule has 2 aromatic heterocycles. The smallest absolute Gasteiger partial charge is 0.417 e. The van der Waals surface area contributed by atoms with E-state index < -0.39 is 23.6 Å². The zero-order valence-corrected chi connectivity index (χ0v) is 15.9. The number of hydrogen-bond donors (Lipinski definition) is 0. The molecule has 0 aliphatic rings. The molecule has 0 fully saturated rings. The molecule has 0 spiro atoms. The van der Waals surface area contributed by atoms with Crippen LogP contribution in [0.25, 0.3) is 5.82 Å². The van der Waals surface area contributed by atoms with Crippen LogP contribution in [0.4, 0.5) is 13.2 Å². The highest BCUT2D eigenvalue weighted by Crippen LogP contribution is 2.29. The molecule has 0 unspecified atom stereocenters.